The highest BCUT2D eigenvalue weighted by Gasteiger charge is 2.28. The number of methoxy groups -OCH3 is 1. The van der Waals surface area contributed by atoms with Crippen LogP contribution in [0.2, 0.25) is 0 Å². The summed E-state index contributed by atoms with van der Waals surface area (Å²) < 4.78 is 5.43. The molecule has 1 atom stereocenters. The summed E-state index contributed by atoms with van der Waals surface area (Å²) in [5.41, 5.74) is 2.98. The fourth-order valence-electron chi connectivity index (χ4n) is 3.55. The zero-order valence-electron chi connectivity index (χ0n) is 17.9. The lowest BCUT2D eigenvalue weighted by Gasteiger charge is -2.37. The molecule has 1 aliphatic rings. The molecule has 0 bridgehead atoms. The second kappa shape index (κ2) is 8.87. The lowest BCUT2D eigenvalue weighted by atomic mass is 9.88. The Bertz CT molecular complexity index is 830. The third-order valence-electron chi connectivity index (χ3n) is 5.55. The van der Waals surface area contributed by atoms with E-state index in [1.54, 1.807) is 7.11 Å². The molecule has 0 fully saturated rings. The van der Waals surface area contributed by atoms with Gasteiger partial charge in [0.2, 0.25) is 5.91 Å². The Morgan fingerprint density at radius 2 is 1.83 bits per heavy atom. The maximum Gasteiger partial charge on any atom is 0.224 e. The monoisotopic (exact) mass is 396 g/mol. The van der Waals surface area contributed by atoms with Crippen LogP contribution in [0.4, 0.5) is 5.69 Å². The number of hydrogen-bond donors (Lipinski definition) is 1. The standard InChI is InChI=1S/C24H32N2O3/c1-24(2,3)22(27)17-25-13-12-23(28)26(15-18-8-6-5-7-9-18)16-19-14-20(29-4)10-11-21(19)25/h5-11,14,22,27H,12-13,15-17H2,1-4H3. The summed E-state index contributed by atoms with van der Waals surface area (Å²) in [7, 11) is 1.65. The third kappa shape index (κ3) is 5.30. The van der Waals surface area contributed by atoms with Gasteiger partial charge >= 0.3 is 0 Å². The number of anilines is 1. The van der Waals surface area contributed by atoms with Gasteiger partial charge in [-0.3, -0.25) is 4.79 Å². The smallest absolute Gasteiger partial charge is 0.224 e. The molecular formula is C24H32N2O3. The van der Waals surface area contributed by atoms with Crippen LogP contribution in [0.15, 0.2) is 48.5 Å². The molecule has 2 aromatic carbocycles. The van der Waals surface area contributed by atoms with E-state index in [4.69, 9.17) is 4.74 Å². The molecule has 0 aliphatic carbocycles. The Labute approximate surface area is 173 Å². The summed E-state index contributed by atoms with van der Waals surface area (Å²) in [4.78, 5) is 17.0. The number of carbonyl (C=O) groups is 1. The summed E-state index contributed by atoms with van der Waals surface area (Å²) in [6, 6.07) is 16.1. The largest absolute Gasteiger partial charge is 0.497 e. The quantitative estimate of drug-likeness (QED) is 0.834. The van der Waals surface area contributed by atoms with Crippen molar-refractivity contribution in [2.45, 2.75) is 46.4 Å². The summed E-state index contributed by atoms with van der Waals surface area (Å²) >= 11 is 0. The highest BCUT2D eigenvalue weighted by molar-refractivity contribution is 5.78. The molecule has 1 N–H and O–H groups in total. The zero-order valence-corrected chi connectivity index (χ0v) is 17.9. The molecule has 0 aromatic heterocycles. The fourth-order valence-corrected chi connectivity index (χ4v) is 3.55. The van der Waals surface area contributed by atoms with Crippen molar-refractivity contribution in [3.63, 3.8) is 0 Å². The van der Waals surface area contributed by atoms with E-state index in [2.05, 4.69) is 4.90 Å². The Balaban J connectivity index is 1.91. The van der Waals surface area contributed by atoms with Crippen molar-refractivity contribution < 1.29 is 14.6 Å². The van der Waals surface area contributed by atoms with Crippen LogP contribution >= 0.6 is 0 Å². The van der Waals surface area contributed by atoms with Crippen LogP contribution in [0, 0.1) is 5.41 Å². The van der Waals surface area contributed by atoms with Crippen molar-refractivity contribution >= 4 is 11.6 Å². The maximum atomic E-state index is 13.0. The third-order valence-corrected chi connectivity index (χ3v) is 5.55. The van der Waals surface area contributed by atoms with Gasteiger partial charge in [0.1, 0.15) is 5.75 Å². The van der Waals surface area contributed by atoms with Gasteiger partial charge in [-0.1, -0.05) is 51.1 Å². The molecule has 0 spiro atoms. The molecule has 1 aliphatic heterocycles. The number of carbonyl (C=O) groups excluding carboxylic acids is 1. The summed E-state index contributed by atoms with van der Waals surface area (Å²) in [6.07, 6.45) is -0.0674. The number of hydrogen-bond acceptors (Lipinski definition) is 4. The van der Waals surface area contributed by atoms with E-state index in [0.717, 1.165) is 22.6 Å². The highest BCUT2D eigenvalue weighted by atomic mass is 16.5. The van der Waals surface area contributed by atoms with Gasteiger partial charge in [0, 0.05) is 38.3 Å². The van der Waals surface area contributed by atoms with Gasteiger partial charge in [0.15, 0.2) is 0 Å². The number of amides is 1. The first-order chi connectivity index (χ1) is 13.8. The maximum absolute atomic E-state index is 13.0. The van der Waals surface area contributed by atoms with E-state index in [1.165, 1.54) is 0 Å². The van der Waals surface area contributed by atoms with E-state index < -0.39 is 6.10 Å². The number of nitrogens with zero attached hydrogens (tertiary/aromatic N) is 2. The van der Waals surface area contributed by atoms with Gasteiger partial charge in [0.25, 0.3) is 0 Å². The molecule has 0 radical (unpaired) electrons. The molecule has 5 heteroatoms. The minimum absolute atomic E-state index is 0.123. The average molecular weight is 397 g/mol. The Kier molecular flexibility index (Phi) is 6.48. The molecule has 5 nitrogen and oxygen atoms in total. The predicted octanol–water partition coefficient (Wildman–Crippen LogP) is 3.84. The van der Waals surface area contributed by atoms with Crippen LogP contribution in [0.5, 0.6) is 5.75 Å². The molecule has 29 heavy (non-hydrogen) atoms. The number of benzene rings is 2. The van der Waals surface area contributed by atoms with E-state index in [0.29, 0.717) is 32.6 Å². The molecule has 1 heterocycles. The Hall–Kier alpha value is -2.53. The number of rotatable bonds is 5. The van der Waals surface area contributed by atoms with Crippen molar-refractivity contribution in [2.75, 3.05) is 25.1 Å². The van der Waals surface area contributed by atoms with Crippen LogP contribution in [0.25, 0.3) is 0 Å². The van der Waals surface area contributed by atoms with E-state index in [9.17, 15) is 9.90 Å². The van der Waals surface area contributed by atoms with Gasteiger partial charge in [-0.15, -0.1) is 0 Å². The van der Waals surface area contributed by atoms with Crippen LogP contribution < -0.4 is 9.64 Å². The molecular weight excluding hydrogens is 364 g/mol. The van der Waals surface area contributed by atoms with Gasteiger partial charge in [-0.2, -0.15) is 0 Å². The summed E-state index contributed by atoms with van der Waals surface area (Å²) in [5.74, 6) is 0.894. The van der Waals surface area contributed by atoms with Gasteiger partial charge in [-0.05, 0) is 34.7 Å². The zero-order chi connectivity index (χ0) is 21.0. The van der Waals surface area contributed by atoms with E-state index in [1.807, 2.05) is 74.2 Å². The second-order valence-electron chi connectivity index (χ2n) is 8.81. The number of ether oxygens (including phenoxy) is 1. The SMILES string of the molecule is COc1ccc2c(c1)CN(Cc1ccccc1)C(=O)CCN2CC(O)C(C)(C)C. The van der Waals surface area contributed by atoms with Crippen LogP contribution in [0.3, 0.4) is 0 Å². The predicted molar refractivity (Wildman–Crippen MR) is 116 cm³/mol. The normalized spacial score (nSPS) is 16.1. The first-order valence-electron chi connectivity index (χ1n) is 10.2. The molecule has 0 saturated carbocycles. The molecule has 3 rings (SSSR count). The number of aliphatic hydroxyl groups excluding tert-OH is 1. The number of β-amino-alcohol motifs (C(OH)–C–C–N with tert-alkyl or cyclic N) is 1. The Morgan fingerprint density at radius 1 is 1.10 bits per heavy atom. The second-order valence-corrected chi connectivity index (χ2v) is 8.81. The average Bonchev–Trinajstić information content (AvgIpc) is 2.69. The van der Waals surface area contributed by atoms with Crippen molar-refractivity contribution in [2.24, 2.45) is 5.41 Å². The number of aliphatic hydroxyl groups is 1. The van der Waals surface area contributed by atoms with E-state index in [-0.39, 0.29) is 11.3 Å². The molecule has 0 saturated heterocycles. The molecule has 1 unspecified atom stereocenters. The van der Waals surface area contributed by atoms with Crippen LogP contribution in [-0.2, 0) is 17.9 Å². The minimum Gasteiger partial charge on any atom is -0.497 e. The first kappa shape index (κ1) is 21.2. The van der Waals surface area contributed by atoms with Crippen molar-refractivity contribution in [1.82, 2.24) is 4.90 Å². The minimum atomic E-state index is -0.493. The van der Waals surface area contributed by atoms with Crippen molar-refractivity contribution in [3.8, 4) is 5.75 Å². The summed E-state index contributed by atoms with van der Waals surface area (Å²) in [5, 5.41) is 10.7. The first-order valence-corrected chi connectivity index (χ1v) is 10.2. The Morgan fingerprint density at radius 3 is 2.48 bits per heavy atom. The van der Waals surface area contributed by atoms with Gasteiger partial charge < -0.3 is 19.6 Å². The van der Waals surface area contributed by atoms with Gasteiger partial charge in [0.05, 0.1) is 13.2 Å². The lowest BCUT2D eigenvalue weighted by Crippen LogP contribution is -2.43. The highest BCUT2D eigenvalue weighted by Crippen LogP contribution is 2.31. The van der Waals surface area contributed by atoms with Crippen LogP contribution in [-0.4, -0.2) is 42.2 Å². The van der Waals surface area contributed by atoms with Crippen molar-refractivity contribution in [1.29, 1.82) is 0 Å². The molecule has 2 aromatic rings. The van der Waals surface area contributed by atoms with Crippen LogP contribution in [0.1, 0.15) is 38.3 Å². The van der Waals surface area contributed by atoms with E-state index >= 15 is 0 Å². The molecule has 156 valence electrons. The number of fused-ring (bicyclic) bond motifs is 1. The lowest BCUT2D eigenvalue weighted by molar-refractivity contribution is -0.132. The fraction of sp³-hybridized carbons (Fsp3) is 0.458. The van der Waals surface area contributed by atoms with Gasteiger partial charge in [-0.25, -0.2) is 0 Å². The van der Waals surface area contributed by atoms with Crippen molar-refractivity contribution in [3.05, 3.63) is 59.7 Å². The summed E-state index contributed by atoms with van der Waals surface area (Å²) in [6.45, 7) is 8.27. The molecule has 1 amide bonds. The topological polar surface area (TPSA) is 53.0 Å².